The molecule has 2 heterocycles. The van der Waals surface area contributed by atoms with Gasteiger partial charge in [-0.1, -0.05) is 0 Å². The zero-order valence-electron chi connectivity index (χ0n) is 14.0. The number of rotatable bonds is 7. The third kappa shape index (κ3) is 4.49. The fraction of sp³-hybridized carbons (Fsp3) is 0.500. The molecule has 2 aromatic rings. The first kappa shape index (κ1) is 16.8. The first-order valence-electron chi connectivity index (χ1n) is 8.41. The van der Waals surface area contributed by atoms with Gasteiger partial charge in [-0.2, -0.15) is 5.10 Å². The van der Waals surface area contributed by atoms with Crippen LogP contribution in [0.2, 0.25) is 0 Å². The van der Waals surface area contributed by atoms with E-state index in [0.29, 0.717) is 19.1 Å². The lowest BCUT2D eigenvalue weighted by Gasteiger charge is -2.32. The molecule has 1 aliphatic heterocycles. The number of ether oxygens (including phenoxy) is 2. The molecule has 2 N–H and O–H groups in total. The number of β-amino-alcohol motifs (C(OH)–C–C–N with tert-alkyl or cyclic N) is 1. The normalized spacial score (nSPS) is 17.6. The summed E-state index contributed by atoms with van der Waals surface area (Å²) >= 11 is 0. The highest BCUT2D eigenvalue weighted by Gasteiger charge is 2.23. The Labute approximate surface area is 142 Å². The number of aromatic nitrogens is 2. The van der Waals surface area contributed by atoms with E-state index in [1.807, 2.05) is 30.5 Å². The van der Waals surface area contributed by atoms with Crippen LogP contribution >= 0.6 is 0 Å². The van der Waals surface area contributed by atoms with Crippen LogP contribution in [0.1, 0.15) is 24.5 Å². The third-order valence-electron chi connectivity index (χ3n) is 4.52. The summed E-state index contributed by atoms with van der Waals surface area (Å²) in [5.74, 6) is 2.09. The largest absolute Gasteiger partial charge is 0.497 e. The van der Waals surface area contributed by atoms with Crippen molar-refractivity contribution >= 4 is 0 Å². The van der Waals surface area contributed by atoms with Crippen LogP contribution in [0, 0.1) is 0 Å². The molecule has 24 heavy (non-hydrogen) atoms. The molecule has 0 radical (unpaired) electrons. The summed E-state index contributed by atoms with van der Waals surface area (Å²) in [6, 6.07) is 9.45. The van der Waals surface area contributed by atoms with Gasteiger partial charge >= 0.3 is 0 Å². The molecule has 1 fully saturated rings. The average Bonchev–Trinajstić information content (AvgIpc) is 3.16. The number of piperidine rings is 1. The number of likely N-dealkylation sites (tertiary alicyclic amines) is 1. The molecule has 0 unspecified atom stereocenters. The van der Waals surface area contributed by atoms with E-state index in [1.54, 1.807) is 7.11 Å². The Morgan fingerprint density at radius 3 is 2.54 bits per heavy atom. The fourth-order valence-electron chi connectivity index (χ4n) is 3.14. The minimum absolute atomic E-state index is 0.298. The summed E-state index contributed by atoms with van der Waals surface area (Å²) in [7, 11) is 1.63. The molecule has 6 heteroatoms. The van der Waals surface area contributed by atoms with Crippen LogP contribution < -0.4 is 9.47 Å². The van der Waals surface area contributed by atoms with Crippen molar-refractivity contribution in [1.82, 2.24) is 15.1 Å². The third-order valence-corrected chi connectivity index (χ3v) is 4.52. The second kappa shape index (κ2) is 8.17. The van der Waals surface area contributed by atoms with Gasteiger partial charge in [0.1, 0.15) is 24.2 Å². The average molecular weight is 331 g/mol. The Kier molecular flexibility index (Phi) is 5.72. The summed E-state index contributed by atoms with van der Waals surface area (Å²) in [6.45, 7) is 2.92. The molecule has 1 atom stereocenters. The quantitative estimate of drug-likeness (QED) is 0.812. The first-order chi connectivity index (χ1) is 11.7. The Morgan fingerprint density at radius 1 is 1.21 bits per heavy atom. The zero-order valence-corrected chi connectivity index (χ0v) is 14.0. The van der Waals surface area contributed by atoms with Gasteiger partial charge in [0.05, 0.1) is 7.11 Å². The van der Waals surface area contributed by atoms with E-state index < -0.39 is 6.10 Å². The van der Waals surface area contributed by atoms with E-state index >= 15 is 0 Å². The second-order valence-corrected chi connectivity index (χ2v) is 6.23. The highest BCUT2D eigenvalue weighted by Crippen LogP contribution is 2.26. The lowest BCUT2D eigenvalue weighted by Crippen LogP contribution is -2.40. The molecular weight excluding hydrogens is 306 g/mol. The maximum Gasteiger partial charge on any atom is 0.119 e. The van der Waals surface area contributed by atoms with Gasteiger partial charge in [-0.05, 0) is 56.3 Å². The van der Waals surface area contributed by atoms with E-state index in [-0.39, 0.29) is 0 Å². The molecule has 1 aromatic heterocycles. The summed E-state index contributed by atoms with van der Waals surface area (Å²) in [5.41, 5.74) is 1.22. The molecule has 1 aliphatic rings. The molecule has 0 saturated carbocycles. The van der Waals surface area contributed by atoms with Crippen molar-refractivity contribution in [3.8, 4) is 11.5 Å². The van der Waals surface area contributed by atoms with Gasteiger partial charge in [-0.15, -0.1) is 0 Å². The molecule has 1 aromatic carbocycles. The molecule has 3 rings (SSSR count). The van der Waals surface area contributed by atoms with E-state index in [9.17, 15) is 5.11 Å². The van der Waals surface area contributed by atoms with Crippen molar-refractivity contribution < 1.29 is 14.6 Å². The van der Waals surface area contributed by atoms with Crippen LogP contribution in [0.25, 0.3) is 0 Å². The smallest absolute Gasteiger partial charge is 0.119 e. The van der Waals surface area contributed by atoms with Gasteiger partial charge in [0.25, 0.3) is 0 Å². The topological polar surface area (TPSA) is 70.6 Å². The maximum absolute atomic E-state index is 10.2. The van der Waals surface area contributed by atoms with Crippen molar-refractivity contribution in [2.75, 3.05) is 33.4 Å². The van der Waals surface area contributed by atoms with Gasteiger partial charge in [0.2, 0.25) is 0 Å². The Hall–Kier alpha value is -2.05. The van der Waals surface area contributed by atoms with Crippen molar-refractivity contribution in [2.45, 2.75) is 24.9 Å². The summed E-state index contributed by atoms with van der Waals surface area (Å²) in [4.78, 5) is 2.30. The number of aromatic amines is 1. The van der Waals surface area contributed by atoms with Crippen LogP contribution in [0.5, 0.6) is 11.5 Å². The molecule has 130 valence electrons. The monoisotopic (exact) mass is 331 g/mol. The van der Waals surface area contributed by atoms with Crippen molar-refractivity contribution in [3.05, 3.63) is 42.2 Å². The molecule has 0 bridgehead atoms. The summed E-state index contributed by atoms with van der Waals surface area (Å²) in [5, 5.41) is 17.3. The number of hydrogen-bond acceptors (Lipinski definition) is 5. The number of aliphatic hydroxyl groups is 1. The van der Waals surface area contributed by atoms with Crippen LogP contribution in [-0.4, -0.2) is 59.7 Å². The number of H-pyrrole nitrogens is 1. The van der Waals surface area contributed by atoms with E-state index in [2.05, 4.69) is 21.2 Å². The Bertz CT molecular complexity index is 592. The molecule has 0 aliphatic carbocycles. The minimum atomic E-state index is -0.490. The SMILES string of the molecule is COc1ccc(OC[C@@H](O)CN2CCC(c3ccn[nH]3)CC2)cc1. The molecular formula is C18H25N3O3. The van der Waals surface area contributed by atoms with Crippen molar-refractivity contribution in [2.24, 2.45) is 0 Å². The van der Waals surface area contributed by atoms with Crippen LogP contribution in [0.15, 0.2) is 36.5 Å². The molecule has 0 amide bonds. The zero-order chi connectivity index (χ0) is 16.8. The lowest BCUT2D eigenvalue weighted by atomic mass is 9.93. The van der Waals surface area contributed by atoms with E-state index in [4.69, 9.17) is 9.47 Å². The maximum atomic E-state index is 10.2. The molecule has 6 nitrogen and oxygen atoms in total. The van der Waals surface area contributed by atoms with Crippen LogP contribution in [0.3, 0.4) is 0 Å². The van der Waals surface area contributed by atoms with Gasteiger partial charge in [-0.3, -0.25) is 5.10 Å². The summed E-state index contributed by atoms with van der Waals surface area (Å²) < 4.78 is 10.8. The van der Waals surface area contributed by atoms with Crippen molar-refractivity contribution in [3.63, 3.8) is 0 Å². The lowest BCUT2D eigenvalue weighted by molar-refractivity contribution is 0.0592. The summed E-state index contributed by atoms with van der Waals surface area (Å²) in [6.07, 6.45) is 3.50. The minimum Gasteiger partial charge on any atom is -0.497 e. The van der Waals surface area contributed by atoms with E-state index in [0.717, 1.165) is 37.4 Å². The predicted molar refractivity (Wildman–Crippen MR) is 91.5 cm³/mol. The van der Waals surface area contributed by atoms with Gasteiger partial charge in [0, 0.05) is 24.4 Å². The second-order valence-electron chi connectivity index (χ2n) is 6.23. The van der Waals surface area contributed by atoms with E-state index in [1.165, 1.54) is 5.69 Å². The predicted octanol–water partition coefficient (Wildman–Crippen LogP) is 2.04. The van der Waals surface area contributed by atoms with Gasteiger partial charge in [-0.25, -0.2) is 0 Å². The number of benzene rings is 1. The van der Waals surface area contributed by atoms with Crippen molar-refractivity contribution in [1.29, 1.82) is 0 Å². The number of aliphatic hydroxyl groups excluding tert-OH is 1. The molecule has 1 saturated heterocycles. The van der Waals surface area contributed by atoms with Gasteiger partial charge < -0.3 is 19.5 Å². The van der Waals surface area contributed by atoms with Crippen LogP contribution in [-0.2, 0) is 0 Å². The Balaban J connectivity index is 1.38. The number of hydrogen-bond donors (Lipinski definition) is 2. The number of methoxy groups -OCH3 is 1. The highest BCUT2D eigenvalue weighted by molar-refractivity contribution is 5.31. The number of nitrogens with one attached hydrogen (secondary N) is 1. The number of nitrogens with zero attached hydrogens (tertiary/aromatic N) is 2. The first-order valence-corrected chi connectivity index (χ1v) is 8.41. The van der Waals surface area contributed by atoms with Gasteiger partial charge in [0.15, 0.2) is 0 Å². The standard InChI is InChI=1S/C18H25N3O3/c1-23-16-2-4-17(5-3-16)24-13-15(22)12-21-10-7-14(8-11-21)18-6-9-19-20-18/h2-6,9,14-15,22H,7-8,10-13H2,1H3,(H,19,20)/t15-/m0/s1. The highest BCUT2D eigenvalue weighted by atomic mass is 16.5. The Morgan fingerprint density at radius 2 is 1.92 bits per heavy atom. The fourth-order valence-corrected chi connectivity index (χ4v) is 3.14. The van der Waals surface area contributed by atoms with Crippen LogP contribution in [0.4, 0.5) is 0 Å². The molecule has 0 spiro atoms.